The molecule has 142 heavy (non-hydrogen) atoms. The number of aryl methyl sites for hydroxylation is 8. The number of carbonyl (C=O) groups is 2. The summed E-state index contributed by atoms with van der Waals surface area (Å²) in [6.45, 7) is 18.6. The normalized spacial score (nSPS) is 14.2. The molecule has 0 amide bonds. The Bertz CT molecular complexity index is 6640. The van der Waals surface area contributed by atoms with E-state index in [-0.39, 0.29) is 22.7 Å². The van der Waals surface area contributed by atoms with Crippen LogP contribution in [0.3, 0.4) is 0 Å². The number of rotatable bonds is 48. The second kappa shape index (κ2) is 46.6. The van der Waals surface area contributed by atoms with Gasteiger partial charge in [0.2, 0.25) is 0 Å². The molecule has 4 aliphatic carbocycles. The van der Waals surface area contributed by atoms with Gasteiger partial charge in [0, 0.05) is 76.6 Å². The number of hydrogen-bond acceptors (Lipinski definition) is 16. The Hall–Kier alpha value is -11.3. The number of thiophene rings is 4. The summed E-state index contributed by atoms with van der Waals surface area (Å²) in [7, 11) is 0. The molecule has 0 bridgehead atoms. The number of nitrogens with zero attached hydrogens (tertiary/aromatic N) is 8. The summed E-state index contributed by atoms with van der Waals surface area (Å²) in [6, 6.07) is 69.1. The Morgan fingerprint density at radius 1 is 0.289 bits per heavy atom. The summed E-state index contributed by atoms with van der Waals surface area (Å²) in [5, 5.41) is 42.3. The maximum absolute atomic E-state index is 14.8. The molecule has 14 aromatic rings. The van der Waals surface area contributed by atoms with Gasteiger partial charge in [0.25, 0.3) is 0 Å². The van der Waals surface area contributed by atoms with Crippen molar-refractivity contribution in [3.63, 3.8) is 0 Å². The van der Waals surface area contributed by atoms with E-state index in [0.29, 0.717) is 66.7 Å². The van der Waals surface area contributed by atoms with Crippen molar-refractivity contribution in [2.75, 3.05) is 0 Å². The van der Waals surface area contributed by atoms with Crippen molar-refractivity contribution < 1.29 is 9.59 Å². The highest BCUT2D eigenvalue weighted by atomic mass is 32.1. The molecule has 0 saturated heterocycles. The maximum atomic E-state index is 14.8. The first-order chi connectivity index (χ1) is 69.7. The van der Waals surface area contributed by atoms with Gasteiger partial charge >= 0.3 is 0 Å². The number of ketones is 2. The van der Waals surface area contributed by atoms with Gasteiger partial charge in [-0.25, -0.2) is 0 Å². The molecule has 0 radical (unpaired) electrons. The first-order valence-electron chi connectivity index (χ1n) is 53.5. The lowest BCUT2D eigenvalue weighted by atomic mass is 9.65. The summed E-state index contributed by atoms with van der Waals surface area (Å²) in [4.78, 5) is 37.1. The molecule has 0 aliphatic heterocycles. The Kier molecular flexibility index (Phi) is 33.1. The minimum Gasteiger partial charge on any atom is -0.289 e. The summed E-state index contributed by atoms with van der Waals surface area (Å²) in [5.74, 6) is -0.466. The number of benzene rings is 8. The molecule has 8 aromatic carbocycles. The zero-order valence-electron chi connectivity index (χ0n) is 84.3. The Morgan fingerprint density at radius 2 is 0.549 bits per heavy atom. The third kappa shape index (κ3) is 19.9. The second-order valence-corrected chi connectivity index (χ2v) is 45.5. The van der Waals surface area contributed by atoms with Gasteiger partial charge in [0.1, 0.15) is 57.5 Å². The first kappa shape index (κ1) is 101. The highest BCUT2D eigenvalue weighted by Crippen LogP contribution is 2.72. The molecule has 0 N–H and O–H groups in total. The third-order valence-electron chi connectivity index (χ3n) is 30.3. The Labute approximate surface area is 866 Å². The standard InChI is InChI=1S/C126H132N8O2S6/c1-9-17-25-33-45-81-61-82(46-34-26-18-10-2)66-93(65-81)125(94-67-83(47-35-27-19-11-3)62-84(68-94)48-36-28-20-12-4)105-75-107(101-59-57-89(113-115(101)133-141-131-113)73-103-109(91(77-127)78-128)97-53-41-43-55-99(97)117(103)135)137-119(105)121-111(125)123-124(139-121)112-122(140-123)120-106(76-108(138-120)102-60-58-90(114-116(102)134-142-132-114)74-104-110(92(79-129)80-130)98-54-42-44-56-100(98)118(104)136)126(112,95-69-85(49-37-29-21-13-5)63-86(70-95)50-38-30-22-14-6)96-71-87(51-39-31-23-15-7)64-88(72-96)52-40-32-24-16-8/h41-44,53-76H,9-40,45-52H2,1-8H3/b103-73-,104-74-. The lowest BCUT2D eigenvalue weighted by Crippen LogP contribution is -2.30. The van der Waals surface area contributed by atoms with Crippen molar-refractivity contribution in [3.05, 3.63) is 302 Å². The molecule has 0 atom stereocenters. The lowest BCUT2D eigenvalue weighted by molar-refractivity contribution is 0.103. The van der Waals surface area contributed by atoms with Crippen molar-refractivity contribution in [2.45, 2.75) is 323 Å². The number of aromatic nitrogens is 4. The van der Waals surface area contributed by atoms with Gasteiger partial charge in [-0.3, -0.25) is 9.59 Å². The molecular weight excluding hydrogens is 1850 g/mol. The molecule has 6 aromatic heterocycles. The predicted octanol–water partition coefficient (Wildman–Crippen LogP) is 36.3. The number of carbonyl (C=O) groups excluding carboxylic acids is 2. The largest absolute Gasteiger partial charge is 0.289 e. The van der Waals surface area contributed by atoms with E-state index in [9.17, 15) is 30.6 Å². The topological polar surface area (TPSA) is 181 Å². The molecule has 0 fully saturated rings. The van der Waals surface area contributed by atoms with Crippen molar-refractivity contribution in [1.29, 1.82) is 21.0 Å². The minimum atomic E-state index is -0.872. The lowest BCUT2D eigenvalue weighted by Gasteiger charge is -2.35. The van der Waals surface area contributed by atoms with E-state index in [2.05, 4.69) is 212 Å². The van der Waals surface area contributed by atoms with Gasteiger partial charge < -0.3 is 0 Å². The second-order valence-electron chi connectivity index (χ2n) is 40.3. The average molecular weight is 1980 g/mol. The van der Waals surface area contributed by atoms with Crippen LogP contribution in [-0.2, 0) is 62.2 Å². The molecule has 6 heterocycles. The smallest absolute Gasteiger partial charge is 0.194 e. The van der Waals surface area contributed by atoms with Gasteiger partial charge in [-0.1, -0.05) is 355 Å². The van der Waals surface area contributed by atoms with Crippen molar-refractivity contribution in [3.8, 4) is 64.7 Å². The molecule has 10 nitrogen and oxygen atoms in total. The molecule has 0 unspecified atom stereocenters. The van der Waals surface area contributed by atoms with Crippen LogP contribution in [0.25, 0.3) is 95.2 Å². The SMILES string of the molecule is CCCCCCc1cc(CCCCCC)cc(C2(c3cc(CCCCCC)cc(CCCCCC)c3)c3cc(-c4ccc(/C=C5\C(=O)c6ccccc6C5=C(C#N)C#N)c5nsnc45)sc3-c3sc4c5c(sc4c32)-c2sc(-c3ccc(/C=C4\C(=O)c6ccccc6C4=C(C#N)C#N)c4nsnc34)cc2C5(c2cc(CCCCCC)cc(CCCCCC)c2)c2cc(CCCCCC)cc(CCCCCC)c2)c1. The predicted molar refractivity (Wildman–Crippen MR) is 599 cm³/mol. The highest BCUT2D eigenvalue weighted by molar-refractivity contribution is 7.35. The Balaban J connectivity index is 0.973. The monoisotopic (exact) mass is 1980 g/mol. The summed E-state index contributed by atoms with van der Waals surface area (Å²) >= 11 is 10.3. The van der Waals surface area contributed by atoms with Gasteiger partial charge in [-0.05, 0) is 216 Å². The molecular formula is C126H132N8O2S6. The summed E-state index contributed by atoms with van der Waals surface area (Å²) < 4.78 is 23.6. The van der Waals surface area contributed by atoms with E-state index < -0.39 is 10.8 Å². The summed E-state index contributed by atoms with van der Waals surface area (Å²) in [6.07, 6.45) is 48.7. The van der Waals surface area contributed by atoms with E-state index in [0.717, 1.165) is 186 Å². The van der Waals surface area contributed by atoms with Gasteiger partial charge in [0.05, 0.1) is 63.2 Å². The number of nitriles is 4. The molecule has 4 aliphatic rings. The molecule has 16 heteroatoms. The van der Waals surface area contributed by atoms with Crippen molar-refractivity contribution >= 4 is 135 Å². The fourth-order valence-electron chi connectivity index (χ4n) is 23.2. The zero-order chi connectivity index (χ0) is 98.4. The van der Waals surface area contributed by atoms with Gasteiger partial charge in [-0.15, -0.1) is 45.3 Å². The average Bonchev–Trinajstić information content (AvgIpc) is 1.48. The van der Waals surface area contributed by atoms with E-state index in [1.54, 1.807) is 12.1 Å². The first-order valence-corrected chi connectivity index (χ1v) is 58.2. The van der Waals surface area contributed by atoms with Crippen LogP contribution in [0.1, 0.15) is 393 Å². The number of allylic oxidation sites excluding steroid dienone is 6. The summed E-state index contributed by atoms with van der Waals surface area (Å²) in [5.41, 5.74) is 29.6. The quantitative estimate of drug-likeness (QED) is 0.0202. The van der Waals surface area contributed by atoms with Crippen LogP contribution in [0.5, 0.6) is 0 Å². The van der Waals surface area contributed by atoms with E-state index in [1.165, 1.54) is 244 Å². The van der Waals surface area contributed by atoms with E-state index >= 15 is 0 Å². The number of unbranched alkanes of at least 4 members (excludes halogenated alkanes) is 24. The molecule has 0 spiro atoms. The van der Waals surface area contributed by atoms with Gasteiger partial charge in [-0.2, -0.15) is 38.5 Å². The maximum Gasteiger partial charge on any atom is 0.194 e. The third-order valence-corrected chi connectivity index (χ3v) is 36.6. The van der Waals surface area contributed by atoms with Crippen molar-refractivity contribution in [2.24, 2.45) is 0 Å². The molecule has 18 rings (SSSR count). The number of hydrogen-bond donors (Lipinski definition) is 0. The fourth-order valence-corrected chi connectivity index (χ4v) is 30.3. The molecule has 724 valence electrons. The minimum absolute atomic E-state index is 0.106. The van der Waals surface area contributed by atoms with E-state index in [1.807, 2.05) is 71.2 Å². The highest BCUT2D eigenvalue weighted by Gasteiger charge is 2.56. The van der Waals surface area contributed by atoms with Crippen LogP contribution >= 0.6 is 68.8 Å². The van der Waals surface area contributed by atoms with Crippen LogP contribution in [0.2, 0.25) is 0 Å². The fraction of sp³-hybridized carbons (Fsp3) is 0.397. The van der Waals surface area contributed by atoms with E-state index in [4.69, 9.17) is 17.5 Å². The number of Topliss-reactive ketones (excluding diaryl/α,β-unsaturated/α-hetero) is 2. The van der Waals surface area contributed by atoms with Crippen LogP contribution in [-0.4, -0.2) is 29.1 Å². The number of fused-ring (bicyclic) bond motifs is 13. The zero-order valence-corrected chi connectivity index (χ0v) is 89.2. The molecule has 0 saturated carbocycles. The van der Waals surface area contributed by atoms with Crippen molar-refractivity contribution in [1.82, 2.24) is 17.5 Å². The Morgan fingerprint density at radius 3 is 0.810 bits per heavy atom. The van der Waals surface area contributed by atoms with Crippen LogP contribution in [0.4, 0.5) is 0 Å². The van der Waals surface area contributed by atoms with Crippen LogP contribution in [0, 0.1) is 45.3 Å². The van der Waals surface area contributed by atoms with Crippen LogP contribution < -0.4 is 0 Å². The van der Waals surface area contributed by atoms with Gasteiger partial charge in [0.15, 0.2) is 11.6 Å². The van der Waals surface area contributed by atoms with Crippen LogP contribution in [0.15, 0.2) is 180 Å².